The number of aromatic nitrogens is 3. The lowest BCUT2D eigenvalue weighted by Crippen LogP contribution is -2.14. The fourth-order valence-corrected chi connectivity index (χ4v) is 4.46. The van der Waals surface area contributed by atoms with Gasteiger partial charge in [-0.1, -0.05) is 29.4 Å². The summed E-state index contributed by atoms with van der Waals surface area (Å²) in [5, 5.41) is 14.9. The zero-order valence-corrected chi connectivity index (χ0v) is 19.0. The van der Waals surface area contributed by atoms with Crippen molar-refractivity contribution in [3.63, 3.8) is 0 Å². The first-order valence-electron chi connectivity index (χ1n) is 9.55. The highest BCUT2D eigenvalue weighted by molar-refractivity contribution is 7.99. The van der Waals surface area contributed by atoms with Crippen LogP contribution in [-0.4, -0.2) is 33.0 Å². The number of halogens is 1. The lowest BCUT2D eigenvalue weighted by molar-refractivity contribution is -0.113. The van der Waals surface area contributed by atoms with Gasteiger partial charge in [-0.2, -0.15) is 0 Å². The molecule has 0 saturated heterocycles. The number of benzene rings is 2. The molecule has 0 bridgehead atoms. The van der Waals surface area contributed by atoms with E-state index in [4.69, 9.17) is 16.3 Å². The molecule has 0 aliphatic heterocycles. The van der Waals surface area contributed by atoms with Crippen molar-refractivity contribution in [2.24, 2.45) is 0 Å². The molecule has 0 atom stereocenters. The molecule has 0 spiro atoms. The molecule has 9 heteroatoms. The molecule has 0 aliphatic rings. The summed E-state index contributed by atoms with van der Waals surface area (Å²) in [6.45, 7) is 2.56. The highest BCUT2D eigenvalue weighted by Gasteiger charge is 2.18. The number of rotatable bonds is 8. The maximum atomic E-state index is 12.4. The fourth-order valence-electron chi connectivity index (χ4n) is 2.88. The number of carbonyl (C=O) groups excluding carboxylic acids is 1. The summed E-state index contributed by atoms with van der Waals surface area (Å²) in [5.41, 5.74) is 1.60. The Morgan fingerprint density at radius 3 is 2.58 bits per heavy atom. The van der Waals surface area contributed by atoms with E-state index in [1.807, 2.05) is 53.3 Å². The largest absolute Gasteiger partial charge is 0.494 e. The summed E-state index contributed by atoms with van der Waals surface area (Å²) >= 11 is 8.81. The van der Waals surface area contributed by atoms with Crippen molar-refractivity contribution < 1.29 is 9.53 Å². The molecule has 2 aromatic heterocycles. The van der Waals surface area contributed by atoms with E-state index in [1.54, 1.807) is 35.6 Å². The first-order chi connectivity index (χ1) is 15.1. The Kier molecular flexibility index (Phi) is 6.91. The van der Waals surface area contributed by atoms with E-state index >= 15 is 0 Å². The second-order valence-electron chi connectivity index (χ2n) is 6.39. The van der Waals surface area contributed by atoms with Crippen molar-refractivity contribution in [3.05, 3.63) is 71.1 Å². The number of nitrogens with one attached hydrogen (secondary N) is 1. The molecule has 0 fully saturated rings. The van der Waals surface area contributed by atoms with Gasteiger partial charge >= 0.3 is 0 Å². The van der Waals surface area contributed by atoms with Gasteiger partial charge in [0.1, 0.15) is 5.75 Å². The topological polar surface area (TPSA) is 69.0 Å². The lowest BCUT2D eigenvalue weighted by Gasteiger charge is -2.11. The van der Waals surface area contributed by atoms with Crippen LogP contribution >= 0.6 is 34.7 Å². The van der Waals surface area contributed by atoms with Gasteiger partial charge in [0.25, 0.3) is 0 Å². The molecule has 1 amide bonds. The number of carbonyl (C=O) groups is 1. The number of thiophene rings is 1. The van der Waals surface area contributed by atoms with Gasteiger partial charge in [0.05, 0.1) is 22.9 Å². The van der Waals surface area contributed by atoms with Crippen molar-refractivity contribution in [3.8, 4) is 22.1 Å². The van der Waals surface area contributed by atoms with Gasteiger partial charge in [-0.3, -0.25) is 9.36 Å². The van der Waals surface area contributed by atoms with Crippen LogP contribution in [0.1, 0.15) is 6.92 Å². The summed E-state index contributed by atoms with van der Waals surface area (Å²) in [5.74, 6) is 1.60. The molecule has 31 heavy (non-hydrogen) atoms. The van der Waals surface area contributed by atoms with E-state index in [-0.39, 0.29) is 11.7 Å². The van der Waals surface area contributed by atoms with Crippen LogP contribution in [0.4, 0.5) is 5.69 Å². The molecule has 2 aromatic carbocycles. The summed E-state index contributed by atoms with van der Waals surface area (Å²) < 4.78 is 7.51. The minimum Gasteiger partial charge on any atom is -0.494 e. The minimum atomic E-state index is -0.133. The van der Waals surface area contributed by atoms with Crippen molar-refractivity contribution in [1.29, 1.82) is 0 Å². The van der Waals surface area contributed by atoms with Gasteiger partial charge in [-0.25, -0.2) is 0 Å². The maximum Gasteiger partial charge on any atom is 0.234 e. The second-order valence-corrected chi connectivity index (χ2v) is 8.72. The molecule has 4 aromatic rings. The van der Waals surface area contributed by atoms with Crippen LogP contribution in [0.15, 0.2) is 71.2 Å². The number of nitrogens with zero attached hydrogens (tertiary/aromatic N) is 3. The zero-order valence-electron chi connectivity index (χ0n) is 16.6. The molecule has 0 radical (unpaired) electrons. The number of ether oxygens (including phenoxy) is 1. The van der Waals surface area contributed by atoms with Gasteiger partial charge in [-0.05, 0) is 66.9 Å². The highest BCUT2D eigenvalue weighted by Crippen LogP contribution is 2.31. The van der Waals surface area contributed by atoms with E-state index in [9.17, 15) is 4.79 Å². The molecule has 158 valence electrons. The van der Waals surface area contributed by atoms with Crippen molar-refractivity contribution in [2.75, 3.05) is 17.7 Å². The number of thioether (sulfide) groups is 1. The Morgan fingerprint density at radius 1 is 1.13 bits per heavy atom. The van der Waals surface area contributed by atoms with Gasteiger partial charge in [0.15, 0.2) is 11.0 Å². The van der Waals surface area contributed by atoms with Gasteiger partial charge in [-0.15, -0.1) is 21.5 Å². The molecule has 1 N–H and O–H groups in total. The highest BCUT2D eigenvalue weighted by atomic mass is 35.5. The Bertz CT molecular complexity index is 1140. The number of hydrogen-bond acceptors (Lipinski definition) is 6. The van der Waals surface area contributed by atoms with E-state index < -0.39 is 0 Å². The Morgan fingerprint density at radius 2 is 1.90 bits per heavy atom. The molecule has 0 saturated carbocycles. The van der Waals surface area contributed by atoms with Crippen LogP contribution in [-0.2, 0) is 4.79 Å². The first-order valence-corrected chi connectivity index (χ1v) is 11.8. The van der Waals surface area contributed by atoms with Crippen molar-refractivity contribution in [2.45, 2.75) is 12.1 Å². The third-order valence-corrected chi connectivity index (χ3v) is 6.29. The third-order valence-electron chi connectivity index (χ3n) is 4.24. The molecular weight excluding hydrogens is 452 g/mol. The summed E-state index contributed by atoms with van der Waals surface area (Å²) in [4.78, 5) is 13.4. The van der Waals surface area contributed by atoms with Crippen LogP contribution in [0.2, 0.25) is 5.02 Å². The Labute approximate surface area is 193 Å². The van der Waals surface area contributed by atoms with Crippen molar-refractivity contribution >= 4 is 46.3 Å². The summed E-state index contributed by atoms with van der Waals surface area (Å²) in [6.07, 6.45) is 0. The lowest BCUT2D eigenvalue weighted by atomic mass is 10.3. The van der Waals surface area contributed by atoms with Gasteiger partial charge in [0.2, 0.25) is 5.91 Å². The van der Waals surface area contributed by atoms with Crippen LogP contribution in [0.25, 0.3) is 16.4 Å². The summed E-state index contributed by atoms with van der Waals surface area (Å²) in [7, 11) is 0. The summed E-state index contributed by atoms with van der Waals surface area (Å²) in [6, 6.07) is 18.7. The maximum absolute atomic E-state index is 12.4. The second kappa shape index (κ2) is 10.00. The van der Waals surface area contributed by atoms with Gasteiger partial charge in [0, 0.05) is 10.7 Å². The molecule has 0 unspecified atom stereocenters. The van der Waals surface area contributed by atoms with E-state index in [2.05, 4.69) is 15.5 Å². The first kappa shape index (κ1) is 21.4. The predicted octanol–water partition coefficient (Wildman–Crippen LogP) is 5.78. The van der Waals surface area contributed by atoms with E-state index in [1.165, 1.54) is 11.8 Å². The normalized spacial score (nSPS) is 10.8. The average molecular weight is 471 g/mol. The zero-order chi connectivity index (χ0) is 21.6. The molecule has 6 nitrogen and oxygen atoms in total. The Hall–Kier alpha value is -2.81. The smallest absolute Gasteiger partial charge is 0.234 e. The molecule has 0 aliphatic carbocycles. The molecule has 2 heterocycles. The number of hydrogen-bond donors (Lipinski definition) is 1. The van der Waals surface area contributed by atoms with Gasteiger partial charge < -0.3 is 10.1 Å². The minimum absolute atomic E-state index is 0.133. The van der Waals surface area contributed by atoms with E-state index in [0.717, 1.165) is 22.1 Å². The average Bonchev–Trinajstić information content (AvgIpc) is 3.44. The Balaban J connectivity index is 1.55. The molecule has 4 rings (SSSR count). The monoisotopic (exact) mass is 470 g/mol. The standard InChI is InChI=1S/C22H19ClN4O2S2/c1-2-29-18-11-9-17(10-12-18)27-21(19-4-3-13-30-19)25-26-22(27)31-14-20(28)24-16-7-5-15(23)6-8-16/h3-13H,2,14H2,1H3,(H,24,28). The SMILES string of the molecule is CCOc1ccc(-n2c(SCC(=O)Nc3ccc(Cl)cc3)nnc2-c2cccs2)cc1. The van der Waals surface area contributed by atoms with E-state index in [0.29, 0.717) is 22.5 Å². The quantitative estimate of drug-likeness (QED) is 0.330. The molecular formula is C22H19ClN4O2S2. The number of amides is 1. The van der Waals surface area contributed by atoms with Crippen molar-refractivity contribution in [1.82, 2.24) is 14.8 Å². The van der Waals surface area contributed by atoms with Crippen LogP contribution < -0.4 is 10.1 Å². The van der Waals surface area contributed by atoms with Crippen LogP contribution in [0.3, 0.4) is 0 Å². The fraction of sp³-hybridized carbons (Fsp3) is 0.136. The van der Waals surface area contributed by atoms with Crippen LogP contribution in [0, 0.1) is 0 Å². The third kappa shape index (κ3) is 5.28. The number of anilines is 1. The van der Waals surface area contributed by atoms with Crippen LogP contribution in [0.5, 0.6) is 5.75 Å². The predicted molar refractivity (Wildman–Crippen MR) is 127 cm³/mol.